The fraction of sp³-hybridized carbons (Fsp3) is 0.600. The van der Waals surface area contributed by atoms with E-state index in [1.165, 1.54) is 0 Å². The summed E-state index contributed by atoms with van der Waals surface area (Å²) in [4.78, 5) is 2.43. The van der Waals surface area contributed by atoms with Gasteiger partial charge in [0.1, 0.15) is 24.0 Å². The molecule has 0 amide bonds. The lowest BCUT2D eigenvalue weighted by atomic mass is 10.2. The van der Waals surface area contributed by atoms with Gasteiger partial charge in [-0.3, -0.25) is 4.90 Å². The molecule has 21 heavy (non-hydrogen) atoms. The van der Waals surface area contributed by atoms with Gasteiger partial charge in [-0.1, -0.05) is 0 Å². The van der Waals surface area contributed by atoms with Crippen LogP contribution in [0.4, 0.5) is 0 Å². The molecule has 0 aliphatic carbocycles. The van der Waals surface area contributed by atoms with Crippen molar-refractivity contribution in [3.8, 4) is 0 Å². The van der Waals surface area contributed by atoms with Gasteiger partial charge in [-0.05, 0) is 26.0 Å². The number of fused-ring (bicyclic) bond motifs is 1. The van der Waals surface area contributed by atoms with Crippen LogP contribution in [0.1, 0.15) is 30.1 Å². The molecule has 3 heterocycles. The molecule has 1 aliphatic rings. The second-order valence-corrected chi connectivity index (χ2v) is 5.65. The molecule has 1 atom stereocenters. The first-order chi connectivity index (χ1) is 10.2. The molecule has 3 rings (SSSR count). The van der Waals surface area contributed by atoms with Crippen molar-refractivity contribution < 1.29 is 9.15 Å². The first-order valence-electron chi connectivity index (χ1n) is 7.36. The minimum atomic E-state index is 0.413. The van der Waals surface area contributed by atoms with Crippen LogP contribution in [0.25, 0.3) is 0 Å². The van der Waals surface area contributed by atoms with Crippen LogP contribution in [0.5, 0.6) is 0 Å². The third-order valence-corrected chi connectivity index (χ3v) is 4.04. The molecule has 6 nitrogen and oxygen atoms in total. The van der Waals surface area contributed by atoms with E-state index in [1.54, 1.807) is 7.11 Å². The van der Waals surface area contributed by atoms with Crippen molar-refractivity contribution in [1.29, 1.82) is 0 Å². The summed E-state index contributed by atoms with van der Waals surface area (Å²) in [7, 11) is 1.69. The van der Waals surface area contributed by atoms with Gasteiger partial charge in [0, 0.05) is 32.7 Å². The summed E-state index contributed by atoms with van der Waals surface area (Å²) >= 11 is 0. The quantitative estimate of drug-likeness (QED) is 0.859. The van der Waals surface area contributed by atoms with E-state index in [1.807, 2.05) is 13.0 Å². The minimum absolute atomic E-state index is 0.413. The Hall–Kier alpha value is -1.66. The summed E-state index contributed by atoms with van der Waals surface area (Å²) in [5.74, 6) is 3.95. The van der Waals surface area contributed by atoms with Crippen LogP contribution in [-0.2, 0) is 30.9 Å². The highest BCUT2D eigenvalue weighted by molar-refractivity contribution is 5.06. The number of hydrogen-bond donors (Lipinski definition) is 0. The fourth-order valence-corrected chi connectivity index (χ4v) is 2.86. The van der Waals surface area contributed by atoms with Gasteiger partial charge in [-0.15, -0.1) is 10.2 Å². The van der Waals surface area contributed by atoms with E-state index in [0.717, 1.165) is 49.2 Å². The molecule has 0 saturated heterocycles. The number of hydrogen-bond acceptors (Lipinski definition) is 5. The van der Waals surface area contributed by atoms with Crippen LogP contribution >= 0.6 is 0 Å². The van der Waals surface area contributed by atoms with Gasteiger partial charge in [-0.25, -0.2) is 0 Å². The Labute approximate surface area is 124 Å². The molecule has 114 valence electrons. The molecule has 0 bridgehead atoms. The summed E-state index contributed by atoms with van der Waals surface area (Å²) in [6.45, 7) is 7.42. The lowest BCUT2D eigenvalue weighted by molar-refractivity contribution is 0.168. The Morgan fingerprint density at radius 2 is 2.19 bits per heavy atom. The number of furan rings is 1. The fourth-order valence-electron chi connectivity index (χ4n) is 2.86. The molecule has 0 unspecified atom stereocenters. The molecule has 1 aliphatic heterocycles. The second kappa shape index (κ2) is 5.99. The van der Waals surface area contributed by atoms with Crippen LogP contribution in [0.3, 0.4) is 0 Å². The molecular weight excluding hydrogens is 268 g/mol. The smallest absolute Gasteiger partial charge is 0.159 e. The van der Waals surface area contributed by atoms with Crippen LogP contribution in [-0.4, -0.2) is 39.4 Å². The van der Waals surface area contributed by atoms with Crippen molar-refractivity contribution in [1.82, 2.24) is 19.7 Å². The maximum Gasteiger partial charge on any atom is 0.159 e. The van der Waals surface area contributed by atoms with Gasteiger partial charge in [-0.2, -0.15) is 0 Å². The van der Waals surface area contributed by atoms with Crippen molar-refractivity contribution in [2.24, 2.45) is 0 Å². The Kier molecular flexibility index (Phi) is 4.07. The molecule has 2 aromatic heterocycles. The average Bonchev–Trinajstić information content (AvgIpc) is 2.98. The summed E-state index contributed by atoms with van der Waals surface area (Å²) in [6.07, 6.45) is 0.899. The van der Waals surface area contributed by atoms with E-state index in [9.17, 15) is 0 Å². The number of ether oxygens (including phenoxy) is 1. The minimum Gasteiger partial charge on any atom is -0.465 e. The molecule has 0 N–H and O–H groups in total. The average molecular weight is 290 g/mol. The maximum atomic E-state index is 5.70. The van der Waals surface area contributed by atoms with E-state index >= 15 is 0 Å². The lowest BCUT2D eigenvalue weighted by Crippen LogP contribution is -2.34. The highest BCUT2D eigenvalue weighted by Crippen LogP contribution is 2.18. The maximum absolute atomic E-state index is 5.70. The standard InChI is InChI=1S/C15H22N4O2/c1-11-8-14-16-17-15(10-20-3)19(14)7-6-18(11)9-13-5-4-12(2)21-13/h4-5,11H,6-10H2,1-3H3/t11-/m1/s1. The Morgan fingerprint density at radius 1 is 1.33 bits per heavy atom. The van der Waals surface area contributed by atoms with E-state index in [4.69, 9.17) is 9.15 Å². The molecule has 0 saturated carbocycles. The Morgan fingerprint density at radius 3 is 2.90 bits per heavy atom. The number of aromatic nitrogens is 3. The number of methoxy groups -OCH3 is 1. The Balaban J connectivity index is 1.73. The molecule has 2 aromatic rings. The zero-order valence-corrected chi connectivity index (χ0v) is 12.9. The van der Waals surface area contributed by atoms with E-state index < -0.39 is 0 Å². The van der Waals surface area contributed by atoms with E-state index in [0.29, 0.717) is 12.6 Å². The summed E-state index contributed by atoms with van der Waals surface area (Å²) in [6, 6.07) is 4.49. The van der Waals surface area contributed by atoms with Crippen molar-refractivity contribution in [2.75, 3.05) is 13.7 Å². The number of nitrogens with zero attached hydrogens (tertiary/aromatic N) is 4. The van der Waals surface area contributed by atoms with Crippen LogP contribution in [0.15, 0.2) is 16.5 Å². The van der Waals surface area contributed by atoms with E-state index in [2.05, 4.69) is 32.7 Å². The van der Waals surface area contributed by atoms with Gasteiger partial charge in [0.2, 0.25) is 0 Å². The third-order valence-electron chi connectivity index (χ3n) is 4.04. The predicted molar refractivity (Wildman–Crippen MR) is 77.8 cm³/mol. The second-order valence-electron chi connectivity index (χ2n) is 5.65. The molecule has 0 aromatic carbocycles. The molecule has 0 radical (unpaired) electrons. The normalized spacial score (nSPS) is 19.5. The van der Waals surface area contributed by atoms with Gasteiger partial charge >= 0.3 is 0 Å². The lowest BCUT2D eigenvalue weighted by Gasteiger charge is -2.25. The molecular formula is C15H22N4O2. The van der Waals surface area contributed by atoms with Crippen molar-refractivity contribution in [3.63, 3.8) is 0 Å². The Bertz CT molecular complexity index is 605. The van der Waals surface area contributed by atoms with Crippen molar-refractivity contribution in [3.05, 3.63) is 35.3 Å². The SMILES string of the molecule is COCc1nnc2n1CCN(Cc1ccc(C)o1)[C@H](C)C2. The summed E-state index contributed by atoms with van der Waals surface area (Å²) in [5, 5.41) is 8.54. The van der Waals surface area contributed by atoms with Crippen molar-refractivity contribution >= 4 is 0 Å². The number of aryl methyl sites for hydroxylation is 1. The predicted octanol–water partition coefficient (Wildman–Crippen LogP) is 1.77. The van der Waals surface area contributed by atoms with Gasteiger partial charge in [0.15, 0.2) is 5.82 Å². The molecule has 0 fully saturated rings. The van der Waals surface area contributed by atoms with Crippen LogP contribution in [0.2, 0.25) is 0 Å². The first-order valence-corrected chi connectivity index (χ1v) is 7.36. The van der Waals surface area contributed by atoms with Gasteiger partial charge in [0.25, 0.3) is 0 Å². The molecule has 0 spiro atoms. The highest BCUT2D eigenvalue weighted by atomic mass is 16.5. The monoisotopic (exact) mass is 290 g/mol. The highest BCUT2D eigenvalue weighted by Gasteiger charge is 2.24. The first kappa shape index (κ1) is 14.3. The van der Waals surface area contributed by atoms with Crippen molar-refractivity contribution in [2.45, 2.75) is 46.0 Å². The largest absolute Gasteiger partial charge is 0.465 e. The third kappa shape index (κ3) is 3.01. The number of rotatable bonds is 4. The van der Waals surface area contributed by atoms with E-state index in [-0.39, 0.29) is 0 Å². The summed E-state index contributed by atoms with van der Waals surface area (Å²) < 4.78 is 13.1. The van der Waals surface area contributed by atoms with Crippen LogP contribution < -0.4 is 0 Å². The van der Waals surface area contributed by atoms with Crippen LogP contribution in [0, 0.1) is 6.92 Å². The summed E-state index contributed by atoms with van der Waals surface area (Å²) in [5.41, 5.74) is 0. The zero-order chi connectivity index (χ0) is 14.8. The zero-order valence-electron chi connectivity index (χ0n) is 12.9. The van der Waals surface area contributed by atoms with Gasteiger partial charge < -0.3 is 13.7 Å². The topological polar surface area (TPSA) is 56.3 Å². The van der Waals surface area contributed by atoms with Gasteiger partial charge in [0.05, 0.1) is 6.54 Å². The molecule has 6 heteroatoms.